The van der Waals surface area contributed by atoms with Gasteiger partial charge in [-0.05, 0) is 48.6 Å². The summed E-state index contributed by atoms with van der Waals surface area (Å²) in [5, 5.41) is 10.6. The molecular formula is C18H15N3O4S2. The van der Waals surface area contributed by atoms with E-state index in [-0.39, 0.29) is 16.7 Å². The summed E-state index contributed by atoms with van der Waals surface area (Å²) in [6, 6.07) is 9.92. The van der Waals surface area contributed by atoms with Gasteiger partial charge in [-0.2, -0.15) is 9.57 Å². The Morgan fingerprint density at radius 1 is 1.15 bits per heavy atom. The Morgan fingerprint density at radius 3 is 2.41 bits per heavy atom. The number of carbonyl (C=O) groups excluding carboxylic acids is 2. The van der Waals surface area contributed by atoms with Crippen LogP contribution in [-0.4, -0.2) is 36.6 Å². The predicted octanol–water partition coefficient (Wildman–Crippen LogP) is 2.10. The quantitative estimate of drug-likeness (QED) is 0.715. The van der Waals surface area contributed by atoms with Crippen LogP contribution in [-0.2, 0) is 19.6 Å². The fourth-order valence-electron chi connectivity index (χ4n) is 3.23. The van der Waals surface area contributed by atoms with E-state index in [9.17, 15) is 18.0 Å². The molecule has 1 atom stereocenters. The normalized spacial score (nSPS) is 20.3. The van der Waals surface area contributed by atoms with Crippen LogP contribution in [0.15, 0.2) is 46.0 Å². The van der Waals surface area contributed by atoms with Gasteiger partial charge in [0.2, 0.25) is 5.91 Å². The molecule has 1 aliphatic carbocycles. The summed E-state index contributed by atoms with van der Waals surface area (Å²) >= 11 is 1.10. The van der Waals surface area contributed by atoms with Crippen molar-refractivity contribution in [2.45, 2.75) is 35.6 Å². The molecule has 138 valence electrons. The summed E-state index contributed by atoms with van der Waals surface area (Å²) in [6.45, 7) is 0. The van der Waals surface area contributed by atoms with Crippen LogP contribution < -0.4 is 4.90 Å². The van der Waals surface area contributed by atoms with Crippen LogP contribution in [0, 0.1) is 11.3 Å². The van der Waals surface area contributed by atoms with E-state index in [1.165, 1.54) is 34.6 Å². The number of amides is 2. The maximum Gasteiger partial charge on any atom is 0.253 e. The molecule has 2 heterocycles. The van der Waals surface area contributed by atoms with Gasteiger partial charge in [-0.3, -0.25) is 9.59 Å². The SMILES string of the molecule is N#Cc1ccc(N2C(=O)CC(N(C3CC3)S(=O)(=O)c3cccs3)C2=O)cc1. The highest BCUT2D eigenvalue weighted by molar-refractivity contribution is 7.91. The number of thiophene rings is 1. The highest BCUT2D eigenvalue weighted by Gasteiger charge is 2.52. The average Bonchev–Trinajstić information content (AvgIpc) is 3.21. The topological polar surface area (TPSA) is 98.5 Å². The number of imide groups is 1. The molecule has 1 aromatic carbocycles. The summed E-state index contributed by atoms with van der Waals surface area (Å²) in [7, 11) is -3.84. The third-order valence-electron chi connectivity index (χ3n) is 4.62. The van der Waals surface area contributed by atoms with E-state index in [2.05, 4.69) is 0 Å². The summed E-state index contributed by atoms with van der Waals surface area (Å²) < 4.78 is 27.5. The van der Waals surface area contributed by atoms with Crippen molar-refractivity contribution in [2.75, 3.05) is 4.90 Å². The Labute approximate surface area is 160 Å². The maximum absolute atomic E-state index is 13.1. The van der Waals surface area contributed by atoms with Gasteiger partial charge < -0.3 is 0 Å². The van der Waals surface area contributed by atoms with Crippen LogP contribution in [0.1, 0.15) is 24.8 Å². The standard InChI is InChI=1S/C18H15N3O4S2/c19-11-12-3-5-13(6-4-12)20-16(22)10-15(18(20)23)21(14-7-8-14)27(24,25)17-2-1-9-26-17/h1-6,9,14-15H,7-8,10H2. The first-order valence-corrected chi connectivity index (χ1v) is 10.7. The molecule has 2 fully saturated rings. The molecule has 0 radical (unpaired) electrons. The first kappa shape index (κ1) is 17.9. The van der Waals surface area contributed by atoms with E-state index < -0.39 is 27.9 Å². The van der Waals surface area contributed by atoms with Crippen molar-refractivity contribution < 1.29 is 18.0 Å². The molecule has 2 amide bonds. The monoisotopic (exact) mass is 401 g/mol. The second kappa shape index (κ2) is 6.56. The number of rotatable bonds is 5. The molecule has 1 aliphatic heterocycles. The average molecular weight is 401 g/mol. The molecule has 1 saturated heterocycles. The van der Waals surface area contributed by atoms with Gasteiger partial charge in [-0.1, -0.05) is 6.07 Å². The Balaban J connectivity index is 1.68. The highest BCUT2D eigenvalue weighted by Crippen LogP contribution is 2.38. The van der Waals surface area contributed by atoms with Crippen molar-refractivity contribution >= 4 is 38.9 Å². The summed E-state index contributed by atoms with van der Waals surface area (Å²) in [5.74, 6) is -0.988. The third-order valence-corrected chi connectivity index (χ3v) is 7.95. The van der Waals surface area contributed by atoms with E-state index in [0.717, 1.165) is 16.2 Å². The summed E-state index contributed by atoms with van der Waals surface area (Å²) in [4.78, 5) is 26.5. The number of carbonyl (C=O) groups is 2. The minimum absolute atomic E-state index is 0.173. The van der Waals surface area contributed by atoms with Crippen LogP contribution in [0.5, 0.6) is 0 Å². The van der Waals surface area contributed by atoms with Crippen molar-refractivity contribution in [2.24, 2.45) is 0 Å². The molecule has 2 aliphatic rings. The molecule has 0 bridgehead atoms. The van der Waals surface area contributed by atoms with Gasteiger partial charge >= 0.3 is 0 Å². The molecule has 1 aromatic heterocycles. The molecule has 7 nitrogen and oxygen atoms in total. The van der Waals surface area contributed by atoms with Crippen molar-refractivity contribution in [1.29, 1.82) is 5.26 Å². The highest BCUT2D eigenvalue weighted by atomic mass is 32.2. The summed E-state index contributed by atoms with van der Waals surface area (Å²) in [5.41, 5.74) is 0.755. The number of hydrogen-bond acceptors (Lipinski definition) is 6. The first-order valence-electron chi connectivity index (χ1n) is 8.37. The molecule has 2 aromatic rings. The minimum Gasteiger partial charge on any atom is -0.274 e. The van der Waals surface area contributed by atoms with Crippen LogP contribution >= 0.6 is 11.3 Å². The van der Waals surface area contributed by atoms with Crippen molar-refractivity contribution in [1.82, 2.24) is 4.31 Å². The van der Waals surface area contributed by atoms with Crippen molar-refractivity contribution in [3.63, 3.8) is 0 Å². The molecular weight excluding hydrogens is 386 g/mol. The third kappa shape index (κ3) is 3.06. The Hall–Kier alpha value is -2.54. The zero-order chi connectivity index (χ0) is 19.2. The molecule has 27 heavy (non-hydrogen) atoms. The second-order valence-corrected chi connectivity index (χ2v) is 9.46. The van der Waals surface area contributed by atoms with Crippen LogP contribution in [0.2, 0.25) is 0 Å². The fraction of sp³-hybridized carbons (Fsp3) is 0.278. The lowest BCUT2D eigenvalue weighted by atomic mass is 10.2. The van der Waals surface area contributed by atoms with E-state index in [4.69, 9.17) is 5.26 Å². The number of anilines is 1. The second-order valence-electron chi connectivity index (χ2n) is 6.44. The van der Waals surface area contributed by atoms with E-state index in [1.54, 1.807) is 11.4 Å². The molecule has 9 heteroatoms. The molecule has 4 rings (SSSR count). The lowest BCUT2D eigenvalue weighted by Crippen LogP contribution is -2.46. The zero-order valence-corrected chi connectivity index (χ0v) is 15.7. The first-order chi connectivity index (χ1) is 12.9. The van der Waals surface area contributed by atoms with E-state index in [0.29, 0.717) is 24.1 Å². The predicted molar refractivity (Wildman–Crippen MR) is 98.4 cm³/mol. The van der Waals surface area contributed by atoms with Gasteiger partial charge in [0.05, 0.1) is 23.7 Å². The number of nitriles is 1. The Bertz CT molecular complexity index is 1040. The molecule has 0 N–H and O–H groups in total. The number of hydrogen-bond donors (Lipinski definition) is 0. The Kier molecular flexibility index (Phi) is 4.34. The lowest BCUT2D eigenvalue weighted by molar-refractivity contribution is -0.122. The van der Waals surface area contributed by atoms with Crippen LogP contribution in [0.4, 0.5) is 5.69 Å². The lowest BCUT2D eigenvalue weighted by Gasteiger charge is -2.26. The molecule has 1 unspecified atom stereocenters. The van der Waals surface area contributed by atoms with Crippen LogP contribution in [0.3, 0.4) is 0 Å². The minimum atomic E-state index is -3.84. The number of benzene rings is 1. The molecule has 1 saturated carbocycles. The van der Waals surface area contributed by atoms with Gasteiger partial charge in [0.15, 0.2) is 0 Å². The van der Waals surface area contributed by atoms with E-state index >= 15 is 0 Å². The largest absolute Gasteiger partial charge is 0.274 e. The number of sulfonamides is 1. The van der Waals surface area contributed by atoms with Gasteiger partial charge in [-0.25, -0.2) is 13.3 Å². The zero-order valence-electron chi connectivity index (χ0n) is 14.1. The number of nitrogens with zero attached hydrogens (tertiary/aromatic N) is 3. The van der Waals surface area contributed by atoms with Gasteiger partial charge in [0, 0.05) is 6.04 Å². The van der Waals surface area contributed by atoms with E-state index in [1.807, 2.05) is 6.07 Å². The van der Waals surface area contributed by atoms with Crippen molar-refractivity contribution in [3.05, 3.63) is 47.3 Å². The van der Waals surface area contributed by atoms with Crippen molar-refractivity contribution in [3.8, 4) is 6.07 Å². The maximum atomic E-state index is 13.1. The van der Waals surface area contributed by atoms with Gasteiger partial charge in [0.1, 0.15) is 10.3 Å². The van der Waals surface area contributed by atoms with Gasteiger partial charge in [0.25, 0.3) is 15.9 Å². The fourth-order valence-corrected chi connectivity index (χ4v) is 6.15. The summed E-state index contributed by atoms with van der Waals surface area (Å²) in [6.07, 6.45) is 1.18. The van der Waals surface area contributed by atoms with Gasteiger partial charge in [-0.15, -0.1) is 11.3 Å². The molecule has 0 spiro atoms. The Morgan fingerprint density at radius 2 is 1.85 bits per heavy atom. The smallest absolute Gasteiger partial charge is 0.253 e. The van der Waals surface area contributed by atoms with Crippen LogP contribution in [0.25, 0.3) is 0 Å².